The molecule has 1 atom stereocenters. The molecule has 1 saturated carbocycles. The zero-order valence-corrected chi connectivity index (χ0v) is 23.2. The van der Waals surface area contributed by atoms with Crippen molar-refractivity contribution in [1.82, 2.24) is 25.0 Å². The van der Waals surface area contributed by atoms with E-state index in [-0.39, 0.29) is 45.3 Å². The number of halogens is 2. The summed E-state index contributed by atoms with van der Waals surface area (Å²) in [5, 5.41) is 20.8. The predicted molar refractivity (Wildman–Crippen MR) is 141 cm³/mol. The molecule has 4 rings (SSSR count). The monoisotopic (exact) mass is 590 g/mol. The number of H-pyrrole nitrogens is 1. The Labute approximate surface area is 237 Å². The molecule has 2 aromatic heterocycles. The minimum absolute atomic E-state index is 0.00842. The minimum Gasteiger partial charge on any atom is -0.436 e. The fraction of sp³-hybridized carbons (Fsp3) is 0.400. The number of nitriles is 1. The van der Waals surface area contributed by atoms with Crippen molar-refractivity contribution in [3.63, 3.8) is 0 Å². The third-order valence-electron chi connectivity index (χ3n) is 5.86. The first-order valence-electron chi connectivity index (χ1n) is 12.3. The molecule has 1 aliphatic rings. The molecule has 1 unspecified atom stereocenters. The van der Waals surface area contributed by atoms with Gasteiger partial charge in [-0.3, -0.25) is 9.78 Å². The van der Waals surface area contributed by atoms with E-state index in [1.54, 1.807) is 12.1 Å². The first-order valence-corrected chi connectivity index (χ1v) is 13.0. The molecule has 2 heterocycles. The molecule has 13 nitrogen and oxygen atoms in total. The summed E-state index contributed by atoms with van der Waals surface area (Å²) in [6.07, 6.45) is 1.72. The summed E-state index contributed by atoms with van der Waals surface area (Å²) >= 11 is 12.8. The third-order valence-corrected chi connectivity index (χ3v) is 6.42. The molecule has 1 aromatic carbocycles. The minimum atomic E-state index is -0.990. The van der Waals surface area contributed by atoms with Crippen LogP contribution in [0.4, 0.5) is 4.79 Å². The molecule has 1 aliphatic carbocycles. The predicted octanol–water partition coefficient (Wildman–Crippen LogP) is 4.63. The number of aromatic nitrogens is 5. The summed E-state index contributed by atoms with van der Waals surface area (Å²) in [5.41, 5.74) is -1.65. The van der Waals surface area contributed by atoms with Crippen molar-refractivity contribution in [1.29, 1.82) is 5.26 Å². The van der Waals surface area contributed by atoms with Gasteiger partial charge in [0.05, 0.1) is 15.7 Å². The van der Waals surface area contributed by atoms with Crippen LogP contribution in [-0.2, 0) is 9.47 Å². The Hall–Kier alpha value is -4.15. The highest BCUT2D eigenvalue weighted by atomic mass is 35.5. The van der Waals surface area contributed by atoms with Crippen LogP contribution in [0.5, 0.6) is 17.5 Å². The van der Waals surface area contributed by atoms with E-state index in [0.29, 0.717) is 5.56 Å². The van der Waals surface area contributed by atoms with Crippen LogP contribution in [0, 0.1) is 11.3 Å². The van der Waals surface area contributed by atoms with Gasteiger partial charge in [0.15, 0.2) is 5.75 Å². The van der Waals surface area contributed by atoms with E-state index in [4.69, 9.17) is 47.4 Å². The maximum Gasteiger partial charge on any atom is 0.511 e. The van der Waals surface area contributed by atoms with E-state index in [1.165, 1.54) is 19.1 Å². The Bertz CT molecular complexity index is 1550. The molecule has 0 amide bonds. The summed E-state index contributed by atoms with van der Waals surface area (Å²) in [6.45, 7) is 5.33. The van der Waals surface area contributed by atoms with E-state index < -0.39 is 29.4 Å². The van der Waals surface area contributed by atoms with Crippen LogP contribution >= 0.6 is 23.2 Å². The Kier molecular flexibility index (Phi) is 8.91. The van der Waals surface area contributed by atoms with Gasteiger partial charge in [-0.25, -0.2) is 9.59 Å². The van der Waals surface area contributed by atoms with Gasteiger partial charge in [-0.15, -0.1) is 15.3 Å². The second-order valence-corrected chi connectivity index (χ2v) is 9.96. The lowest BCUT2D eigenvalue weighted by molar-refractivity contribution is -0.0661. The van der Waals surface area contributed by atoms with Crippen molar-refractivity contribution in [2.24, 2.45) is 0 Å². The van der Waals surface area contributed by atoms with Crippen molar-refractivity contribution in [3.8, 4) is 29.3 Å². The molecule has 0 aliphatic heterocycles. The van der Waals surface area contributed by atoms with E-state index in [2.05, 4.69) is 15.3 Å². The molecule has 0 saturated heterocycles. The lowest BCUT2D eigenvalue weighted by atomic mass is 10.1. The van der Waals surface area contributed by atoms with Crippen LogP contribution in [0.2, 0.25) is 10.0 Å². The van der Waals surface area contributed by atoms with Crippen molar-refractivity contribution >= 4 is 29.4 Å². The maximum absolute atomic E-state index is 12.2. The number of carbonyl (C=O) groups excluding carboxylic acids is 1. The van der Waals surface area contributed by atoms with Crippen molar-refractivity contribution in [3.05, 3.63) is 60.3 Å². The van der Waals surface area contributed by atoms with Crippen molar-refractivity contribution < 1.29 is 23.7 Å². The summed E-state index contributed by atoms with van der Waals surface area (Å²) in [4.78, 5) is 37.9. The number of hydrogen-bond donors (Lipinski definition) is 1. The lowest BCUT2D eigenvalue weighted by Gasteiger charge is -2.19. The standard InChI is InChI=1S/C25H24Cl2N6O7/c1-12(2)16-10-20(30-31-23(16)37-13(3)38-25(36)39-15-6-4-5-7-15)40-21-17(26)8-14(9-18(21)27)33-24(35)29-22(34)19(11-28)32-33/h8-10,12-13,15H,4-7H2,1-3H3,(H,29,34,35). The number of benzene rings is 1. The molecular weight excluding hydrogens is 567 g/mol. The Morgan fingerprint density at radius 3 is 2.42 bits per heavy atom. The molecule has 40 heavy (non-hydrogen) atoms. The number of nitrogens with zero attached hydrogens (tertiary/aromatic N) is 5. The molecule has 15 heteroatoms. The highest BCUT2D eigenvalue weighted by molar-refractivity contribution is 6.37. The highest BCUT2D eigenvalue weighted by Gasteiger charge is 2.23. The van der Waals surface area contributed by atoms with Crippen LogP contribution in [0.25, 0.3) is 5.69 Å². The summed E-state index contributed by atoms with van der Waals surface area (Å²) in [5.74, 6) is 0.0845. The normalized spacial score (nSPS) is 14.0. The van der Waals surface area contributed by atoms with Crippen LogP contribution in [-0.4, -0.2) is 43.5 Å². The Balaban J connectivity index is 1.52. The highest BCUT2D eigenvalue weighted by Crippen LogP contribution is 2.38. The van der Waals surface area contributed by atoms with Crippen LogP contribution < -0.4 is 20.7 Å². The molecule has 210 valence electrons. The zero-order valence-electron chi connectivity index (χ0n) is 21.6. The van der Waals surface area contributed by atoms with Gasteiger partial charge in [0.2, 0.25) is 23.7 Å². The van der Waals surface area contributed by atoms with E-state index in [9.17, 15) is 14.4 Å². The van der Waals surface area contributed by atoms with Gasteiger partial charge < -0.3 is 18.9 Å². The van der Waals surface area contributed by atoms with E-state index >= 15 is 0 Å². The molecular formula is C25H24Cl2N6O7. The van der Waals surface area contributed by atoms with Crippen LogP contribution in [0.3, 0.4) is 0 Å². The summed E-state index contributed by atoms with van der Waals surface area (Å²) < 4.78 is 22.8. The molecule has 0 spiro atoms. The number of aromatic amines is 1. The van der Waals surface area contributed by atoms with Gasteiger partial charge in [-0.1, -0.05) is 37.0 Å². The molecule has 0 bridgehead atoms. The Morgan fingerprint density at radius 1 is 1.12 bits per heavy atom. The zero-order chi connectivity index (χ0) is 29.0. The average Bonchev–Trinajstić information content (AvgIpc) is 3.39. The van der Waals surface area contributed by atoms with Gasteiger partial charge in [-0.05, 0) is 43.7 Å². The maximum atomic E-state index is 12.2. The van der Waals surface area contributed by atoms with Crippen LogP contribution in [0.15, 0.2) is 27.8 Å². The van der Waals surface area contributed by atoms with Gasteiger partial charge in [0, 0.05) is 18.6 Å². The lowest BCUT2D eigenvalue weighted by Crippen LogP contribution is -2.33. The summed E-state index contributed by atoms with van der Waals surface area (Å²) in [6, 6.07) is 5.80. The van der Waals surface area contributed by atoms with Gasteiger partial charge in [-0.2, -0.15) is 9.94 Å². The van der Waals surface area contributed by atoms with Gasteiger partial charge >= 0.3 is 11.8 Å². The second kappa shape index (κ2) is 12.4. The molecule has 1 N–H and O–H groups in total. The first-order chi connectivity index (χ1) is 19.0. The molecule has 3 aromatic rings. The first kappa shape index (κ1) is 28.8. The van der Waals surface area contributed by atoms with Crippen LogP contribution in [0.1, 0.15) is 63.6 Å². The Morgan fingerprint density at radius 2 is 1.80 bits per heavy atom. The number of nitrogens with one attached hydrogen (secondary N) is 1. The number of carbonyl (C=O) groups is 1. The SMILES string of the molecule is CC(OC(=O)OC1CCCC1)Oc1nnc(Oc2c(Cl)cc(-n3nc(C#N)c(=O)[nH]c3=O)cc2Cl)cc1C(C)C. The quantitative estimate of drug-likeness (QED) is 0.286. The molecule has 0 radical (unpaired) electrons. The number of hydrogen-bond acceptors (Lipinski definition) is 11. The van der Waals surface area contributed by atoms with Gasteiger partial charge in [0.25, 0.3) is 5.56 Å². The van der Waals surface area contributed by atoms with E-state index in [0.717, 1.165) is 30.4 Å². The van der Waals surface area contributed by atoms with Gasteiger partial charge in [0.1, 0.15) is 12.2 Å². The smallest absolute Gasteiger partial charge is 0.436 e. The van der Waals surface area contributed by atoms with E-state index in [1.807, 2.05) is 18.8 Å². The largest absolute Gasteiger partial charge is 0.511 e. The number of ether oxygens (including phenoxy) is 4. The fourth-order valence-electron chi connectivity index (χ4n) is 3.94. The average molecular weight is 591 g/mol. The second-order valence-electron chi connectivity index (χ2n) is 9.15. The van der Waals surface area contributed by atoms with Crippen molar-refractivity contribution in [2.75, 3.05) is 0 Å². The third kappa shape index (κ3) is 6.70. The van der Waals surface area contributed by atoms with Crippen molar-refractivity contribution in [2.45, 2.75) is 64.8 Å². The number of rotatable bonds is 8. The molecule has 1 fully saturated rings. The summed E-state index contributed by atoms with van der Waals surface area (Å²) in [7, 11) is 0. The topological polar surface area (TPSA) is 171 Å². The fourth-order valence-corrected chi connectivity index (χ4v) is 4.49.